The molecular formula is C14H22ClN3. The highest BCUT2D eigenvalue weighted by Crippen LogP contribution is 2.15. The Hall–Kier alpha value is -0.610. The maximum Gasteiger partial charge on any atom is 0.0412 e. The highest BCUT2D eigenvalue weighted by atomic mass is 35.5. The number of halogens is 1. The molecule has 2 rings (SSSR count). The van der Waals surface area contributed by atoms with Gasteiger partial charge >= 0.3 is 0 Å². The topological polar surface area (TPSA) is 50.1 Å². The maximum absolute atomic E-state index is 6.06. The molecule has 1 aromatic rings. The van der Waals surface area contributed by atoms with Gasteiger partial charge in [-0.25, -0.2) is 0 Å². The van der Waals surface area contributed by atoms with Crippen LogP contribution in [0.25, 0.3) is 0 Å². The van der Waals surface area contributed by atoms with Gasteiger partial charge in [0.1, 0.15) is 0 Å². The normalized spacial score (nSPS) is 17.0. The minimum absolute atomic E-state index is 0.544. The van der Waals surface area contributed by atoms with Crippen LogP contribution in [0.15, 0.2) is 18.2 Å². The molecule has 0 saturated carbocycles. The van der Waals surface area contributed by atoms with Crippen molar-refractivity contribution in [2.24, 2.45) is 11.7 Å². The van der Waals surface area contributed by atoms with E-state index in [9.17, 15) is 0 Å². The molecule has 1 aromatic carbocycles. The largest absolute Gasteiger partial charge is 0.326 e. The fourth-order valence-corrected chi connectivity index (χ4v) is 2.72. The molecule has 1 aliphatic rings. The zero-order valence-corrected chi connectivity index (χ0v) is 11.5. The van der Waals surface area contributed by atoms with Crippen molar-refractivity contribution in [2.45, 2.75) is 25.9 Å². The summed E-state index contributed by atoms with van der Waals surface area (Å²) >= 11 is 6.06. The van der Waals surface area contributed by atoms with Crippen LogP contribution < -0.4 is 16.4 Å². The summed E-state index contributed by atoms with van der Waals surface area (Å²) in [4.78, 5) is 0. The van der Waals surface area contributed by atoms with E-state index in [1.807, 2.05) is 12.1 Å². The molecule has 0 bridgehead atoms. The predicted octanol–water partition coefficient (Wildman–Crippen LogP) is 1.89. The van der Waals surface area contributed by atoms with Crippen molar-refractivity contribution in [3.05, 3.63) is 34.3 Å². The van der Waals surface area contributed by atoms with Crippen molar-refractivity contribution in [1.82, 2.24) is 10.6 Å². The number of rotatable bonds is 5. The summed E-state index contributed by atoms with van der Waals surface area (Å²) in [6, 6.07) is 6.06. The lowest BCUT2D eigenvalue weighted by atomic mass is 9.98. The molecule has 1 saturated heterocycles. The first-order chi connectivity index (χ1) is 8.78. The van der Waals surface area contributed by atoms with Crippen LogP contribution in [-0.2, 0) is 13.1 Å². The fourth-order valence-electron chi connectivity index (χ4n) is 2.44. The van der Waals surface area contributed by atoms with Gasteiger partial charge in [-0.15, -0.1) is 0 Å². The minimum atomic E-state index is 0.544. The third kappa shape index (κ3) is 4.25. The average molecular weight is 268 g/mol. The molecule has 0 aromatic heterocycles. The molecular weight excluding hydrogens is 246 g/mol. The van der Waals surface area contributed by atoms with Crippen LogP contribution >= 0.6 is 11.6 Å². The quantitative estimate of drug-likeness (QED) is 0.764. The van der Waals surface area contributed by atoms with Gasteiger partial charge in [0.15, 0.2) is 0 Å². The van der Waals surface area contributed by atoms with E-state index in [-0.39, 0.29) is 0 Å². The number of benzene rings is 1. The lowest BCUT2D eigenvalue weighted by Crippen LogP contribution is -2.33. The minimum Gasteiger partial charge on any atom is -0.326 e. The van der Waals surface area contributed by atoms with Crippen molar-refractivity contribution in [1.29, 1.82) is 0 Å². The number of hydrogen-bond donors (Lipinski definition) is 3. The molecule has 1 heterocycles. The summed E-state index contributed by atoms with van der Waals surface area (Å²) in [6.07, 6.45) is 2.55. The van der Waals surface area contributed by atoms with Gasteiger partial charge in [-0.1, -0.05) is 17.7 Å². The SMILES string of the molecule is NCc1cc(Cl)cc(CNCC2CCNCC2)c1. The Morgan fingerprint density at radius 2 is 1.94 bits per heavy atom. The van der Waals surface area contributed by atoms with Crippen molar-refractivity contribution in [3.63, 3.8) is 0 Å². The molecule has 4 N–H and O–H groups in total. The number of nitrogens with one attached hydrogen (secondary N) is 2. The Morgan fingerprint density at radius 1 is 1.22 bits per heavy atom. The van der Waals surface area contributed by atoms with E-state index in [2.05, 4.69) is 16.7 Å². The van der Waals surface area contributed by atoms with Gasteiger partial charge in [-0.3, -0.25) is 0 Å². The molecule has 18 heavy (non-hydrogen) atoms. The monoisotopic (exact) mass is 267 g/mol. The molecule has 4 heteroatoms. The van der Waals surface area contributed by atoms with Crippen LogP contribution in [0.5, 0.6) is 0 Å². The van der Waals surface area contributed by atoms with Crippen LogP contribution in [0.1, 0.15) is 24.0 Å². The second-order valence-corrected chi connectivity index (χ2v) is 5.43. The molecule has 0 atom stereocenters. The van der Waals surface area contributed by atoms with Gasteiger partial charge in [0, 0.05) is 18.1 Å². The van der Waals surface area contributed by atoms with E-state index >= 15 is 0 Å². The van der Waals surface area contributed by atoms with Crippen LogP contribution in [0, 0.1) is 5.92 Å². The zero-order valence-electron chi connectivity index (χ0n) is 10.7. The van der Waals surface area contributed by atoms with Crippen molar-refractivity contribution < 1.29 is 0 Å². The first-order valence-electron chi connectivity index (χ1n) is 6.68. The molecule has 0 spiro atoms. The molecule has 3 nitrogen and oxygen atoms in total. The Labute approximate surface area is 114 Å². The molecule has 1 fully saturated rings. The second kappa shape index (κ2) is 7.10. The van der Waals surface area contributed by atoms with Gasteiger partial charge in [0.25, 0.3) is 0 Å². The van der Waals surface area contributed by atoms with Crippen LogP contribution in [0.2, 0.25) is 5.02 Å². The number of hydrogen-bond acceptors (Lipinski definition) is 3. The molecule has 0 amide bonds. The van der Waals surface area contributed by atoms with Gasteiger partial charge in [-0.2, -0.15) is 0 Å². The van der Waals surface area contributed by atoms with E-state index in [0.29, 0.717) is 6.54 Å². The zero-order chi connectivity index (χ0) is 12.8. The Morgan fingerprint density at radius 3 is 2.67 bits per heavy atom. The van der Waals surface area contributed by atoms with Crippen molar-refractivity contribution >= 4 is 11.6 Å². The summed E-state index contributed by atoms with van der Waals surface area (Å²) in [5.74, 6) is 0.805. The fraction of sp³-hybridized carbons (Fsp3) is 0.571. The second-order valence-electron chi connectivity index (χ2n) is 5.00. The average Bonchev–Trinajstić information content (AvgIpc) is 2.39. The van der Waals surface area contributed by atoms with E-state index in [0.717, 1.165) is 42.7 Å². The third-order valence-corrected chi connectivity index (χ3v) is 3.69. The lowest BCUT2D eigenvalue weighted by Gasteiger charge is -2.22. The van der Waals surface area contributed by atoms with Crippen LogP contribution in [-0.4, -0.2) is 19.6 Å². The van der Waals surface area contributed by atoms with Gasteiger partial charge in [0.2, 0.25) is 0 Å². The highest BCUT2D eigenvalue weighted by molar-refractivity contribution is 6.30. The highest BCUT2D eigenvalue weighted by Gasteiger charge is 2.12. The molecule has 1 aliphatic heterocycles. The maximum atomic E-state index is 6.06. The van der Waals surface area contributed by atoms with Gasteiger partial charge in [-0.05, 0) is 61.7 Å². The van der Waals surface area contributed by atoms with Gasteiger partial charge in [0.05, 0.1) is 0 Å². The summed E-state index contributed by atoms with van der Waals surface area (Å²) < 4.78 is 0. The van der Waals surface area contributed by atoms with Crippen LogP contribution in [0.3, 0.4) is 0 Å². The molecule has 0 aliphatic carbocycles. The summed E-state index contributed by atoms with van der Waals surface area (Å²) in [6.45, 7) is 4.81. The summed E-state index contributed by atoms with van der Waals surface area (Å²) in [5.41, 5.74) is 7.96. The van der Waals surface area contributed by atoms with E-state index in [4.69, 9.17) is 17.3 Å². The van der Waals surface area contributed by atoms with E-state index in [1.54, 1.807) is 0 Å². The smallest absolute Gasteiger partial charge is 0.0412 e. The molecule has 100 valence electrons. The lowest BCUT2D eigenvalue weighted by molar-refractivity contribution is 0.356. The predicted molar refractivity (Wildman–Crippen MR) is 76.6 cm³/mol. The van der Waals surface area contributed by atoms with Crippen molar-refractivity contribution in [3.8, 4) is 0 Å². The summed E-state index contributed by atoms with van der Waals surface area (Å²) in [7, 11) is 0. The van der Waals surface area contributed by atoms with E-state index < -0.39 is 0 Å². The molecule has 0 unspecified atom stereocenters. The Balaban J connectivity index is 1.80. The molecule has 0 radical (unpaired) electrons. The Kier molecular flexibility index (Phi) is 5.45. The Bertz CT molecular complexity index is 375. The van der Waals surface area contributed by atoms with Gasteiger partial charge < -0.3 is 16.4 Å². The van der Waals surface area contributed by atoms with E-state index in [1.165, 1.54) is 18.4 Å². The standard InChI is InChI=1S/C14H22ClN3/c15-14-6-12(8-16)5-13(7-14)10-18-9-11-1-3-17-4-2-11/h5-7,11,17-18H,1-4,8-10,16H2. The third-order valence-electron chi connectivity index (χ3n) is 3.47. The van der Waals surface area contributed by atoms with Crippen molar-refractivity contribution in [2.75, 3.05) is 19.6 Å². The number of nitrogens with two attached hydrogens (primary N) is 1. The number of piperidine rings is 1. The summed E-state index contributed by atoms with van der Waals surface area (Å²) in [5, 5.41) is 7.68. The first kappa shape index (κ1) is 13.8. The van der Waals surface area contributed by atoms with Crippen LogP contribution in [0.4, 0.5) is 0 Å². The first-order valence-corrected chi connectivity index (χ1v) is 7.05.